The lowest BCUT2D eigenvalue weighted by Crippen LogP contribution is -2.39. The van der Waals surface area contributed by atoms with E-state index in [1.807, 2.05) is 17.5 Å². The Morgan fingerprint density at radius 3 is 2.56 bits per heavy atom. The standard InChI is InChI=1S/C16H19N7O2/c1-11-20-21-15-14(17-5-8-23(11)15)22-6-3-12(4-7-22)25-16-18-9-13(24-2)10-19-16/h5,8-10,12H,3-4,6-7H2,1-2H3. The lowest BCUT2D eigenvalue weighted by molar-refractivity contribution is 0.156. The molecule has 1 saturated heterocycles. The van der Waals surface area contributed by atoms with Crippen molar-refractivity contribution in [3.8, 4) is 11.8 Å². The summed E-state index contributed by atoms with van der Waals surface area (Å²) in [5, 5.41) is 8.37. The van der Waals surface area contributed by atoms with Gasteiger partial charge in [0.15, 0.2) is 11.6 Å². The van der Waals surface area contributed by atoms with Gasteiger partial charge < -0.3 is 14.4 Å². The SMILES string of the molecule is COc1cnc(OC2CCN(c3nccn4c(C)nnc34)CC2)nc1. The Balaban J connectivity index is 1.42. The first-order valence-corrected chi connectivity index (χ1v) is 8.18. The van der Waals surface area contributed by atoms with Crippen LogP contribution in [0.5, 0.6) is 11.8 Å². The molecule has 4 heterocycles. The van der Waals surface area contributed by atoms with Gasteiger partial charge in [-0.25, -0.2) is 4.98 Å². The van der Waals surface area contributed by atoms with Crippen LogP contribution in [0.1, 0.15) is 18.7 Å². The number of ether oxygens (including phenoxy) is 2. The highest BCUT2D eigenvalue weighted by molar-refractivity contribution is 5.63. The number of rotatable bonds is 4. The maximum Gasteiger partial charge on any atom is 0.316 e. The second kappa shape index (κ2) is 6.50. The minimum Gasteiger partial charge on any atom is -0.494 e. The Hall–Kier alpha value is -2.97. The number of methoxy groups -OCH3 is 1. The lowest BCUT2D eigenvalue weighted by Gasteiger charge is -2.32. The van der Waals surface area contributed by atoms with E-state index in [1.165, 1.54) is 0 Å². The summed E-state index contributed by atoms with van der Waals surface area (Å²) in [7, 11) is 1.58. The van der Waals surface area contributed by atoms with Crippen molar-refractivity contribution < 1.29 is 9.47 Å². The molecule has 4 rings (SSSR count). The van der Waals surface area contributed by atoms with Gasteiger partial charge in [-0.05, 0) is 6.92 Å². The molecule has 9 nitrogen and oxygen atoms in total. The molecular formula is C16H19N7O2. The zero-order chi connectivity index (χ0) is 17.2. The van der Waals surface area contributed by atoms with E-state index in [-0.39, 0.29) is 6.10 Å². The molecule has 0 radical (unpaired) electrons. The fraction of sp³-hybridized carbons (Fsp3) is 0.438. The third kappa shape index (κ3) is 3.04. The first kappa shape index (κ1) is 15.6. The van der Waals surface area contributed by atoms with E-state index in [0.29, 0.717) is 11.8 Å². The maximum atomic E-state index is 5.87. The van der Waals surface area contributed by atoms with Crippen LogP contribution < -0.4 is 14.4 Å². The maximum absolute atomic E-state index is 5.87. The average molecular weight is 341 g/mol. The van der Waals surface area contributed by atoms with E-state index in [0.717, 1.165) is 43.2 Å². The minimum absolute atomic E-state index is 0.0870. The molecule has 130 valence electrons. The average Bonchev–Trinajstić information content (AvgIpc) is 3.04. The summed E-state index contributed by atoms with van der Waals surface area (Å²) in [6.07, 6.45) is 8.70. The van der Waals surface area contributed by atoms with Crippen LogP contribution >= 0.6 is 0 Å². The fourth-order valence-electron chi connectivity index (χ4n) is 2.96. The van der Waals surface area contributed by atoms with Gasteiger partial charge in [0.1, 0.15) is 11.9 Å². The van der Waals surface area contributed by atoms with Crippen LogP contribution in [0.3, 0.4) is 0 Å². The van der Waals surface area contributed by atoms with Gasteiger partial charge in [-0.2, -0.15) is 9.97 Å². The van der Waals surface area contributed by atoms with Crippen molar-refractivity contribution in [1.29, 1.82) is 0 Å². The van der Waals surface area contributed by atoms with Gasteiger partial charge in [0.2, 0.25) is 5.65 Å². The summed E-state index contributed by atoms with van der Waals surface area (Å²) < 4.78 is 12.9. The number of fused-ring (bicyclic) bond motifs is 1. The Bertz CT molecular complexity index is 857. The van der Waals surface area contributed by atoms with Gasteiger partial charge in [-0.15, -0.1) is 10.2 Å². The molecule has 0 spiro atoms. The van der Waals surface area contributed by atoms with Crippen molar-refractivity contribution in [2.75, 3.05) is 25.1 Å². The fourth-order valence-corrected chi connectivity index (χ4v) is 2.96. The summed E-state index contributed by atoms with van der Waals surface area (Å²) in [4.78, 5) is 15.0. The number of piperidine rings is 1. The van der Waals surface area contributed by atoms with Crippen LogP contribution in [0.15, 0.2) is 24.8 Å². The van der Waals surface area contributed by atoms with Gasteiger partial charge >= 0.3 is 6.01 Å². The van der Waals surface area contributed by atoms with Crippen LogP contribution in [-0.4, -0.2) is 55.9 Å². The summed E-state index contributed by atoms with van der Waals surface area (Å²) in [6, 6.07) is 0.382. The van der Waals surface area contributed by atoms with Gasteiger partial charge in [0.25, 0.3) is 0 Å². The van der Waals surface area contributed by atoms with Gasteiger partial charge in [-0.1, -0.05) is 0 Å². The molecule has 0 aliphatic carbocycles. The van der Waals surface area contributed by atoms with Crippen LogP contribution in [0.4, 0.5) is 5.82 Å². The molecular weight excluding hydrogens is 322 g/mol. The summed E-state index contributed by atoms with van der Waals surface area (Å²) in [5.41, 5.74) is 0.790. The Labute approximate surface area is 144 Å². The molecule has 0 saturated carbocycles. The molecule has 3 aromatic heterocycles. The number of anilines is 1. The van der Waals surface area contributed by atoms with E-state index >= 15 is 0 Å². The minimum atomic E-state index is 0.0870. The molecule has 3 aromatic rings. The molecule has 1 aliphatic rings. The monoisotopic (exact) mass is 341 g/mol. The molecule has 1 fully saturated rings. The quantitative estimate of drug-likeness (QED) is 0.701. The highest BCUT2D eigenvalue weighted by atomic mass is 16.5. The number of aryl methyl sites for hydroxylation is 1. The molecule has 0 amide bonds. The van der Waals surface area contributed by atoms with Crippen molar-refractivity contribution in [3.63, 3.8) is 0 Å². The molecule has 25 heavy (non-hydrogen) atoms. The molecule has 0 atom stereocenters. The third-order valence-corrected chi connectivity index (χ3v) is 4.33. The summed E-state index contributed by atoms with van der Waals surface area (Å²) >= 11 is 0. The molecule has 0 bridgehead atoms. The molecule has 9 heteroatoms. The molecule has 1 aliphatic heterocycles. The van der Waals surface area contributed by atoms with Crippen molar-refractivity contribution in [2.24, 2.45) is 0 Å². The predicted molar refractivity (Wildman–Crippen MR) is 90.0 cm³/mol. The van der Waals surface area contributed by atoms with E-state index in [1.54, 1.807) is 25.7 Å². The zero-order valence-electron chi connectivity index (χ0n) is 14.2. The van der Waals surface area contributed by atoms with E-state index in [9.17, 15) is 0 Å². The van der Waals surface area contributed by atoms with E-state index in [4.69, 9.17) is 9.47 Å². The first-order chi connectivity index (χ1) is 12.2. The highest BCUT2D eigenvalue weighted by Gasteiger charge is 2.24. The van der Waals surface area contributed by atoms with E-state index in [2.05, 4.69) is 30.0 Å². The highest BCUT2D eigenvalue weighted by Crippen LogP contribution is 2.23. The van der Waals surface area contributed by atoms with E-state index < -0.39 is 0 Å². The van der Waals surface area contributed by atoms with Crippen molar-refractivity contribution in [3.05, 3.63) is 30.6 Å². The largest absolute Gasteiger partial charge is 0.494 e. The van der Waals surface area contributed by atoms with Gasteiger partial charge in [0.05, 0.1) is 19.5 Å². The van der Waals surface area contributed by atoms with Crippen LogP contribution in [0.25, 0.3) is 5.65 Å². The van der Waals surface area contributed by atoms with Crippen molar-refractivity contribution in [1.82, 2.24) is 29.5 Å². The smallest absolute Gasteiger partial charge is 0.316 e. The summed E-state index contributed by atoms with van der Waals surface area (Å²) in [6.45, 7) is 3.59. The van der Waals surface area contributed by atoms with Crippen LogP contribution in [0.2, 0.25) is 0 Å². The normalized spacial score (nSPS) is 15.5. The molecule has 0 N–H and O–H groups in total. The third-order valence-electron chi connectivity index (χ3n) is 4.33. The van der Waals surface area contributed by atoms with Crippen LogP contribution in [0, 0.1) is 6.92 Å². The second-order valence-electron chi connectivity index (χ2n) is 5.90. The molecule has 0 unspecified atom stereocenters. The first-order valence-electron chi connectivity index (χ1n) is 8.18. The topological polar surface area (TPSA) is 90.6 Å². The van der Waals surface area contributed by atoms with Gasteiger partial charge in [-0.3, -0.25) is 4.40 Å². The van der Waals surface area contributed by atoms with Crippen molar-refractivity contribution >= 4 is 11.5 Å². The van der Waals surface area contributed by atoms with Gasteiger partial charge in [0, 0.05) is 38.3 Å². The Morgan fingerprint density at radius 1 is 1.08 bits per heavy atom. The Kier molecular flexibility index (Phi) is 4.04. The number of hydrogen-bond acceptors (Lipinski definition) is 8. The molecule has 0 aromatic carbocycles. The second-order valence-corrected chi connectivity index (χ2v) is 5.90. The number of nitrogens with zero attached hydrogens (tertiary/aromatic N) is 7. The zero-order valence-corrected chi connectivity index (χ0v) is 14.2. The number of aromatic nitrogens is 6. The summed E-state index contributed by atoms with van der Waals surface area (Å²) in [5.74, 6) is 2.33. The number of hydrogen-bond donors (Lipinski definition) is 0. The lowest BCUT2D eigenvalue weighted by atomic mass is 10.1. The Morgan fingerprint density at radius 2 is 1.84 bits per heavy atom. The van der Waals surface area contributed by atoms with Crippen LogP contribution in [-0.2, 0) is 0 Å². The predicted octanol–water partition coefficient (Wildman–Crippen LogP) is 1.28. The van der Waals surface area contributed by atoms with Crippen molar-refractivity contribution in [2.45, 2.75) is 25.9 Å².